The molecule has 4 N–H and O–H groups in total. The van der Waals surface area contributed by atoms with E-state index >= 15 is 0 Å². The van der Waals surface area contributed by atoms with Gasteiger partial charge in [0.2, 0.25) is 11.3 Å². The molecule has 1 unspecified atom stereocenters. The Labute approximate surface area is 210 Å². The van der Waals surface area contributed by atoms with Gasteiger partial charge in [0.1, 0.15) is 17.0 Å². The van der Waals surface area contributed by atoms with Crippen molar-refractivity contribution in [3.63, 3.8) is 0 Å². The van der Waals surface area contributed by atoms with E-state index in [2.05, 4.69) is 22.5 Å². The Balaban J connectivity index is 1.58. The number of likely N-dealkylation sites (N-methyl/N-ethyl adjacent to an activating group) is 1. The molecule has 0 spiro atoms. The number of hydrogen-bond acceptors (Lipinski definition) is 6. The SMILES string of the molecule is CCN1CCCC1CNC(=O)Cc1cccc(-c2ccc3c(=O)c(C(=O)NC)c(N)n(CC)c3n2)c1. The zero-order valence-electron chi connectivity index (χ0n) is 21.1. The number of pyridine rings is 2. The topological polar surface area (TPSA) is 122 Å². The van der Waals surface area contributed by atoms with Crippen molar-refractivity contribution in [2.24, 2.45) is 0 Å². The van der Waals surface area contributed by atoms with Crippen LogP contribution in [0, 0.1) is 0 Å². The summed E-state index contributed by atoms with van der Waals surface area (Å²) in [5, 5.41) is 5.90. The minimum absolute atomic E-state index is 0.00380. The molecule has 3 aromatic rings. The van der Waals surface area contributed by atoms with Gasteiger partial charge in [-0.05, 0) is 56.6 Å². The van der Waals surface area contributed by atoms with Crippen LogP contribution in [0.5, 0.6) is 0 Å². The fourth-order valence-corrected chi connectivity index (χ4v) is 5.02. The van der Waals surface area contributed by atoms with Crippen LogP contribution in [-0.2, 0) is 17.8 Å². The molecule has 2 amide bonds. The molecule has 1 saturated heterocycles. The van der Waals surface area contributed by atoms with E-state index in [-0.39, 0.29) is 23.7 Å². The Morgan fingerprint density at radius 3 is 2.69 bits per heavy atom. The Morgan fingerprint density at radius 2 is 1.97 bits per heavy atom. The van der Waals surface area contributed by atoms with E-state index in [0.29, 0.717) is 35.9 Å². The van der Waals surface area contributed by atoms with E-state index in [1.807, 2.05) is 31.2 Å². The van der Waals surface area contributed by atoms with E-state index in [4.69, 9.17) is 10.7 Å². The van der Waals surface area contributed by atoms with E-state index in [9.17, 15) is 14.4 Å². The van der Waals surface area contributed by atoms with Gasteiger partial charge in [0.05, 0.1) is 17.5 Å². The molecule has 9 heteroatoms. The normalized spacial score (nSPS) is 15.8. The molecule has 0 radical (unpaired) electrons. The number of carbonyl (C=O) groups excluding carboxylic acids is 2. The van der Waals surface area contributed by atoms with Crippen LogP contribution >= 0.6 is 0 Å². The molecule has 1 aliphatic heterocycles. The number of carbonyl (C=O) groups is 2. The molecule has 36 heavy (non-hydrogen) atoms. The third-order valence-corrected chi connectivity index (χ3v) is 6.95. The molecular weight excluding hydrogens is 456 g/mol. The summed E-state index contributed by atoms with van der Waals surface area (Å²) in [4.78, 5) is 45.0. The summed E-state index contributed by atoms with van der Waals surface area (Å²) in [5.74, 6) is -0.434. The molecular formula is C27H34N6O3. The molecule has 1 aliphatic rings. The second-order valence-electron chi connectivity index (χ2n) is 9.09. The van der Waals surface area contributed by atoms with Gasteiger partial charge in [-0.3, -0.25) is 19.3 Å². The number of nitrogen functional groups attached to an aromatic ring is 1. The number of fused-ring (bicyclic) bond motifs is 1. The van der Waals surface area contributed by atoms with Crippen LogP contribution in [0.1, 0.15) is 42.6 Å². The summed E-state index contributed by atoms with van der Waals surface area (Å²) < 4.78 is 1.67. The summed E-state index contributed by atoms with van der Waals surface area (Å²) in [6, 6.07) is 11.5. The Morgan fingerprint density at radius 1 is 1.17 bits per heavy atom. The zero-order valence-corrected chi connectivity index (χ0v) is 21.1. The van der Waals surface area contributed by atoms with Crippen molar-refractivity contribution in [3.8, 4) is 11.3 Å². The third kappa shape index (κ3) is 4.97. The molecule has 1 fully saturated rings. The lowest BCUT2D eigenvalue weighted by atomic mass is 10.0. The number of aryl methyl sites for hydroxylation is 1. The zero-order chi connectivity index (χ0) is 25.8. The summed E-state index contributed by atoms with van der Waals surface area (Å²) in [6.07, 6.45) is 2.58. The van der Waals surface area contributed by atoms with Crippen LogP contribution in [0.15, 0.2) is 41.2 Å². The lowest BCUT2D eigenvalue weighted by Crippen LogP contribution is -2.40. The maximum Gasteiger partial charge on any atom is 0.258 e. The second kappa shape index (κ2) is 10.9. The Kier molecular flexibility index (Phi) is 7.69. The second-order valence-corrected chi connectivity index (χ2v) is 9.09. The number of hydrogen-bond donors (Lipinski definition) is 3. The van der Waals surface area contributed by atoms with Gasteiger partial charge in [-0.2, -0.15) is 0 Å². The highest BCUT2D eigenvalue weighted by Gasteiger charge is 2.23. The molecule has 0 bridgehead atoms. The van der Waals surface area contributed by atoms with Crippen LogP contribution in [0.25, 0.3) is 22.3 Å². The highest BCUT2D eigenvalue weighted by Crippen LogP contribution is 2.24. The molecule has 2 aromatic heterocycles. The standard InChI is InChI=1S/C27H34N6O3/c1-4-32-13-7-10-19(32)16-30-22(34)15-17-8-6-9-18(14-17)21-12-11-20-24(35)23(27(36)29-3)25(28)33(5-2)26(20)31-21/h6,8-9,11-12,14,19H,4-5,7,10,13,15-16,28H2,1-3H3,(H,29,36)(H,30,34). The summed E-state index contributed by atoms with van der Waals surface area (Å²) in [5.41, 5.74) is 8.48. The third-order valence-electron chi connectivity index (χ3n) is 6.95. The Hall–Kier alpha value is -3.72. The lowest BCUT2D eigenvalue weighted by molar-refractivity contribution is -0.120. The number of likely N-dealkylation sites (tertiary alicyclic amines) is 1. The summed E-state index contributed by atoms with van der Waals surface area (Å²) in [6.45, 7) is 7.26. The first kappa shape index (κ1) is 25.4. The highest BCUT2D eigenvalue weighted by atomic mass is 16.2. The monoisotopic (exact) mass is 490 g/mol. The largest absolute Gasteiger partial charge is 0.384 e. The van der Waals surface area contributed by atoms with Crippen molar-refractivity contribution in [3.05, 3.63) is 57.7 Å². The number of benzene rings is 1. The first-order valence-electron chi connectivity index (χ1n) is 12.5. The van der Waals surface area contributed by atoms with E-state index in [1.165, 1.54) is 13.5 Å². The van der Waals surface area contributed by atoms with Gasteiger partial charge in [-0.15, -0.1) is 0 Å². The minimum atomic E-state index is -0.521. The number of nitrogens with one attached hydrogen (secondary N) is 2. The maximum atomic E-state index is 13.0. The van der Waals surface area contributed by atoms with E-state index in [0.717, 1.165) is 30.6 Å². The molecule has 1 aromatic carbocycles. The van der Waals surface area contributed by atoms with Gasteiger partial charge in [0, 0.05) is 31.7 Å². The minimum Gasteiger partial charge on any atom is -0.384 e. The van der Waals surface area contributed by atoms with Crippen molar-refractivity contribution in [2.75, 3.05) is 32.4 Å². The maximum absolute atomic E-state index is 13.0. The highest BCUT2D eigenvalue weighted by molar-refractivity contribution is 6.01. The Bertz CT molecular complexity index is 1350. The van der Waals surface area contributed by atoms with Crippen molar-refractivity contribution in [1.29, 1.82) is 0 Å². The molecule has 0 saturated carbocycles. The first-order chi connectivity index (χ1) is 17.4. The number of nitrogens with zero attached hydrogens (tertiary/aromatic N) is 3. The van der Waals surface area contributed by atoms with Crippen molar-refractivity contribution in [2.45, 2.75) is 45.7 Å². The van der Waals surface area contributed by atoms with E-state index < -0.39 is 11.3 Å². The van der Waals surface area contributed by atoms with Crippen LogP contribution < -0.4 is 21.8 Å². The summed E-state index contributed by atoms with van der Waals surface area (Å²) in [7, 11) is 1.46. The fraction of sp³-hybridized carbons (Fsp3) is 0.407. The fourth-order valence-electron chi connectivity index (χ4n) is 5.02. The molecule has 9 nitrogen and oxygen atoms in total. The summed E-state index contributed by atoms with van der Waals surface area (Å²) >= 11 is 0. The van der Waals surface area contributed by atoms with Gasteiger partial charge in [0.15, 0.2) is 0 Å². The predicted octanol–water partition coefficient (Wildman–Crippen LogP) is 2.17. The van der Waals surface area contributed by atoms with Gasteiger partial charge >= 0.3 is 0 Å². The van der Waals surface area contributed by atoms with Crippen molar-refractivity contribution in [1.82, 2.24) is 25.1 Å². The van der Waals surface area contributed by atoms with Crippen LogP contribution in [-0.4, -0.2) is 59.0 Å². The molecule has 3 heterocycles. The number of nitrogens with two attached hydrogens (primary N) is 1. The first-order valence-corrected chi connectivity index (χ1v) is 12.5. The van der Waals surface area contributed by atoms with Crippen LogP contribution in [0.3, 0.4) is 0 Å². The number of amides is 2. The van der Waals surface area contributed by atoms with Crippen LogP contribution in [0.4, 0.5) is 5.82 Å². The van der Waals surface area contributed by atoms with Crippen molar-refractivity contribution < 1.29 is 9.59 Å². The quantitative estimate of drug-likeness (QED) is 0.445. The van der Waals surface area contributed by atoms with Crippen LogP contribution in [0.2, 0.25) is 0 Å². The molecule has 4 rings (SSSR count). The molecule has 190 valence electrons. The van der Waals surface area contributed by atoms with Gasteiger partial charge in [0.25, 0.3) is 5.91 Å². The smallest absolute Gasteiger partial charge is 0.258 e. The predicted molar refractivity (Wildman–Crippen MR) is 142 cm³/mol. The van der Waals surface area contributed by atoms with Crippen molar-refractivity contribution >= 4 is 28.7 Å². The average molecular weight is 491 g/mol. The molecule has 1 atom stereocenters. The average Bonchev–Trinajstić information content (AvgIpc) is 3.35. The number of anilines is 1. The van der Waals surface area contributed by atoms with E-state index in [1.54, 1.807) is 16.7 Å². The number of aromatic nitrogens is 2. The molecule has 0 aliphatic carbocycles. The van der Waals surface area contributed by atoms with Gasteiger partial charge in [-0.1, -0.05) is 25.1 Å². The number of rotatable bonds is 8. The van der Waals surface area contributed by atoms with Gasteiger partial charge in [-0.25, -0.2) is 4.98 Å². The van der Waals surface area contributed by atoms with Gasteiger partial charge < -0.3 is 20.9 Å². The lowest BCUT2D eigenvalue weighted by Gasteiger charge is -2.22.